The summed E-state index contributed by atoms with van der Waals surface area (Å²) in [5, 5.41) is 18.9. The second kappa shape index (κ2) is 6.57. The van der Waals surface area contributed by atoms with E-state index >= 15 is 0 Å². The maximum atomic E-state index is 11.0. The third kappa shape index (κ3) is 3.52. The van der Waals surface area contributed by atoms with E-state index in [0.29, 0.717) is 5.02 Å². The summed E-state index contributed by atoms with van der Waals surface area (Å²) in [4.78, 5) is 10.6. The first-order valence-corrected chi connectivity index (χ1v) is 9.50. The van der Waals surface area contributed by atoms with Crippen molar-refractivity contribution in [2.24, 2.45) is 5.41 Å². The predicted molar refractivity (Wildman–Crippen MR) is 109 cm³/mol. The number of nitro groups is 1. The van der Waals surface area contributed by atoms with Crippen LogP contribution in [0.1, 0.15) is 44.7 Å². The van der Waals surface area contributed by atoms with Gasteiger partial charge < -0.3 is 10.6 Å². The molecule has 6 heteroatoms. The fourth-order valence-electron chi connectivity index (χ4n) is 3.97. The molecule has 2 aromatic carbocycles. The Hall–Kier alpha value is -2.53. The Balaban J connectivity index is 1.80. The van der Waals surface area contributed by atoms with Gasteiger partial charge in [-0.15, -0.1) is 0 Å². The molecule has 0 bridgehead atoms. The molecule has 1 aliphatic carbocycles. The van der Waals surface area contributed by atoms with Gasteiger partial charge in [0.15, 0.2) is 0 Å². The molecule has 2 aliphatic rings. The SMILES string of the molecule is CC1(C)CCC2=C(C1)Nc1ccc(Cl)cc1N[C@H]2c1ccc([N+](=O)[O-])cc1. The summed E-state index contributed by atoms with van der Waals surface area (Å²) in [5.41, 5.74) is 5.86. The van der Waals surface area contributed by atoms with Gasteiger partial charge in [0, 0.05) is 22.9 Å². The fraction of sp³-hybridized carbons (Fsp3) is 0.333. The number of benzene rings is 2. The summed E-state index contributed by atoms with van der Waals surface area (Å²) in [7, 11) is 0. The molecule has 0 fully saturated rings. The van der Waals surface area contributed by atoms with E-state index in [1.807, 2.05) is 30.3 Å². The standard InChI is InChI=1S/C21H22ClN3O2/c1-21(2)10-9-16-19(12-21)23-17-8-5-14(22)11-18(17)24-20(16)13-3-6-15(7-4-13)25(26)27/h3-8,11,20,23-24H,9-10,12H2,1-2H3/t20-/m0/s1. The first-order valence-electron chi connectivity index (χ1n) is 9.12. The molecule has 5 nitrogen and oxygen atoms in total. The molecule has 2 aromatic rings. The summed E-state index contributed by atoms with van der Waals surface area (Å²) in [5.74, 6) is 0. The second-order valence-electron chi connectivity index (χ2n) is 8.09. The molecule has 0 unspecified atom stereocenters. The predicted octanol–water partition coefficient (Wildman–Crippen LogP) is 6.29. The number of anilines is 2. The lowest BCUT2D eigenvalue weighted by atomic mass is 9.74. The molecule has 4 rings (SSSR count). The van der Waals surface area contributed by atoms with Crippen molar-refractivity contribution in [1.29, 1.82) is 0 Å². The number of hydrogen-bond acceptors (Lipinski definition) is 4. The Kier molecular flexibility index (Phi) is 4.35. The van der Waals surface area contributed by atoms with Crippen molar-refractivity contribution in [1.82, 2.24) is 0 Å². The Bertz CT molecular complexity index is 935. The van der Waals surface area contributed by atoms with Crippen LogP contribution >= 0.6 is 11.6 Å². The molecule has 0 saturated carbocycles. The zero-order chi connectivity index (χ0) is 19.2. The molecule has 140 valence electrons. The van der Waals surface area contributed by atoms with Gasteiger partial charge in [0.25, 0.3) is 5.69 Å². The highest BCUT2D eigenvalue weighted by Crippen LogP contribution is 2.47. The lowest BCUT2D eigenvalue weighted by Gasteiger charge is -2.35. The van der Waals surface area contributed by atoms with E-state index < -0.39 is 0 Å². The molecule has 0 radical (unpaired) electrons. The molecule has 0 aromatic heterocycles. The number of rotatable bonds is 2. The van der Waals surface area contributed by atoms with E-state index in [2.05, 4.69) is 24.5 Å². The Morgan fingerprint density at radius 3 is 2.59 bits per heavy atom. The molecule has 2 N–H and O–H groups in total. The minimum Gasteiger partial charge on any atom is -0.373 e. The van der Waals surface area contributed by atoms with Gasteiger partial charge in [-0.05, 0) is 66.1 Å². The average Bonchev–Trinajstić information content (AvgIpc) is 2.76. The molecule has 0 saturated heterocycles. The zero-order valence-electron chi connectivity index (χ0n) is 15.4. The Morgan fingerprint density at radius 1 is 1.15 bits per heavy atom. The molecular formula is C21H22ClN3O2. The van der Waals surface area contributed by atoms with Crippen LogP contribution in [0.4, 0.5) is 17.1 Å². The van der Waals surface area contributed by atoms with Crippen LogP contribution in [-0.4, -0.2) is 4.92 Å². The van der Waals surface area contributed by atoms with E-state index in [0.717, 1.165) is 36.2 Å². The Labute approximate surface area is 163 Å². The number of hydrogen-bond donors (Lipinski definition) is 2. The van der Waals surface area contributed by atoms with Gasteiger partial charge in [-0.2, -0.15) is 0 Å². The van der Waals surface area contributed by atoms with Crippen LogP contribution in [0.15, 0.2) is 53.7 Å². The number of halogens is 1. The monoisotopic (exact) mass is 383 g/mol. The van der Waals surface area contributed by atoms with E-state index in [9.17, 15) is 10.1 Å². The second-order valence-corrected chi connectivity index (χ2v) is 8.52. The van der Waals surface area contributed by atoms with E-state index in [1.54, 1.807) is 12.1 Å². The first kappa shape index (κ1) is 17.9. The van der Waals surface area contributed by atoms with Gasteiger partial charge in [0.2, 0.25) is 0 Å². The van der Waals surface area contributed by atoms with Gasteiger partial charge >= 0.3 is 0 Å². The van der Waals surface area contributed by atoms with Gasteiger partial charge in [-0.1, -0.05) is 25.4 Å². The van der Waals surface area contributed by atoms with Crippen LogP contribution in [0.25, 0.3) is 0 Å². The Morgan fingerprint density at radius 2 is 1.89 bits per heavy atom. The van der Waals surface area contributed by atoms with Gasteiger partial charge in [0.1, 0.15) is 0 Å². The molecule has 0 spiro atoms. The third-order valence-electron chi connectivity index (χ3n) is 5.47. The average molecular weight is 384 g/mol. The fourth-order valence-corrected chi connectivity index (χ4v) is 4.14. The van der Waals surface area contributed by atoms with Gasteiger partial charge in [0.05, 0.1) is 22.3 Å². The number of allylic oxidation sites excluding steroid dienone is 1. The normalized spacial score (nSPS) is 20.6. The lowest BCUT2D eigenvalue weighted by molar-refractivity contribution is -0.384. The lowest BCUT2D eigenvalue weighted by Crippen LogP contribution is -2.24. The summed E-state index contributed by atoms with van der Waals surface area (Å²) in [6, 6.07) is 12.6. The van der Waals surface area contributed by atoms with Gasteiger partial charge in [-0.25, -0.2) is 0 Å². The zero-order valence-corrected chi connectivity index (χ0v) is 16.1. The number of nitro benzene ring substituents is 1. The molecule has 1 aliphatic heterocycles. The minimum atomic E-state index is -0.366. The summed E-state index contributed by atoms with van der Waals surface area (Å²) in [6.45, 7) is 4.58. The smallest absolute Gasteiger partial charge is 0.269 e. The summed E-state index contributed by atoms with van der Waals surface area (Å²) in [6.07, 6.45) is 3.05. The highest BCUT2D eigenvalue weighted by atomic mass is 35.5. The van der Waals surface area contributed by atoms with Crippen molar-refractivity contribution in [2.45, 2.75) is 39.2 Å². The summed E-state index contributed by atoms with van der Waals surface area (Å²) >= 11 is 6.22. The minimum absolute atomic E-state index is 0.0379. The van der Waals surface area contributed by atoms with Crippen LogP contribution in [0.5, 0.6) is 0 Å². The van der Waals surface area contributed by atoms with Crippen molar-refractivity contribution >= 4 is 28.7 Å². The third-order valence-corrected chi connectivity index (χ3v) is 5.70. The van der Waals surface area contributed by atoms with E-state index in [-0.39, 0.29) is 22.1 Å². The maximum Gasteiger partial charge on any atom is 0.269 e. The highest BCUT2D eigenvalue weighted by molar-refractivity contribution is 6.31. The molecule has 1 heterocycles. The van der Waals surface area contributed by atoms with Crippen LogP contribution in [-0.2, 0) is 0 Å². The van der Waals surface area contributed by atoms with E-state index in [1.165, 1.54) is 11.3 Å². The molecular weight excluding hydrogens is 362 g/mol. The number of nitrogens with zero attached hydrogens (tertiary/aromatic N) is 1. The van der Waals surface area contributed by atoms with Crippen LogP contribution in [0.2, 0.25) is 5.02 Å². The molecule has 0 amide bonds. The van der Waals surface area contributed by atoms with Gasteiger partial charge in [-0.3, -0.25) is 10.1 Å². The van der Waals surface area contributed by atoms with Crippen LogP contribution < -0.4 is 10.6 Å². The summed E-state index contributed by atoms with van der Waals surface area (Å²) < 4.78 is 0. The maximum absolute atomic E-state index is 11.0. The number of non-ortho nitro benzene ring substituents is 1. The number of nitrogens with one attached hydrogen (secondary N) is 2. The number of fused-ring (bicyclic) bond motifs is 1. The van der Waals surface area contributed by atoms with Crippen LogP contribution in [0, 0.1) is 15.5 Å². The van der Waals surface area contributed by atoms with Crippen molar-refractivity contribution in [3.05, 3.63) is 74.4 Å². The van der Waals surface area contributed by atoms with Crippen molar-refractivity contribution < 1.29 is 4.92 Å². The van der Waals surface area contributed by atoms with E-state index in [4.69, 9.17) is 11.6 Å². The highest BCUT2D eigenvalue weighted by Gasteiger charge is 2.33. The van der Waals surface area contributed by atoms with Crippen molar-refractivity contribution in [3.63, 3.8) is 0 Å². The topological polar surface area (TPSA) is 67.2 Å². The first-order chi connectivity index (χ1) is 12.8. The largest absolute Gasteiger partial charge is 0.373 e. The van der Waals surface area contributed by atoms with Crippen LogP contribution in [0.3, 0.4) is 0 Å². The molecule has 1 atom stereocenters. The quantitative estimate of drug-likeness (QED) is 0.472. The van der Waals surface area contributed by atoms with Crippen molar-refractivity contribution in [2.75, 3.05) is 10.6 Å². The molecule has 27 heavy (non-hydrogen) atoms. The van der Waals surface area contributed by atoms with Crippen molar-refractivity contribution in [3.8, 4) is 0 Å².